The zero-order valence-corrected chi connectivity index (χ0v) is 18.8. The Morgan fingerprint density at radius 3 is 2.46 bits per heavy atom. The fraction of sp³-hybridized carbons (Fsp3) is 0.300. The van der Waals surface area contributed by atoms with E-state index in [4.69, 9.17) is 14.6 Å². The van der Waals surface area contributed by atoms with E-state index in [0.29, 0.717) is 55.2 Å². The number of nitrogens with zero attached hydrogens (tertiary/aromatic N) is 1. The molecule has 0 saturated heterocycles. The second-order valence-corrected chi connectivity index (χ2v) is 6.38. The Morgan fingerprint density at radius 2 is 1.92 bits per heavy atom. The van der Waals surface area contributed by atoms with Crippen LogP contribution in [-0.2, 0) is 35.6 Å². The third-order valence-electron chi connectivity index (χ3n) is 3.48. The van der Waals surface area contributed by atoms with Crippen LogP contribution in [0, 0.1) is 13.8 Å². The van der Waals surface area contributed by atoms with Gasteiger partial charge in [-0.05, 0) is 6.92 Å². The van der Waals surface area contributed by atoms with Crippen molar-refractivity contribution in [1.82, 2.24) is 0 Å². The molecule has 0 unspecified atom stereocenters. The molecule has 2 aromatic carbocycles. The van der Waals surface area contributed by atoms with E-state index < -0.39 is 0 Å². The summed E-state index contributed by atoms with van der Waals surface area (Å²) in [6.45, 7) is 6.22. The Labute approximate surface area is 169 Å². The second-order valence-electron chi connectivity index (χ2n) is 5.57. The van der Waals surface area contributed by atoms with Crippen molar-refractivity contribution >= 4 is 5.91 Å². The molecule has 2 rings (SSSR count). The predicted octanol–water partition coefficient (Wildman–Crippen LogP) is 3.78. The van der Waals surface area contributed by atoms with Gasteiger partial charge in [-0.2, -0.15) is 24.6 Å². The van der Waals surface area contributed by atoms with E-state index in [9.17, 15) is 4.79 Å². The first-order valence-electron chi connectivity index (χ1n) is 8.19. The summed E-state index contributed by atoms with van der Waals surface area (Å²) in [4.78, 5) is 11.0. The summed E-state index contributed by atoms with van der Waals surface area (Å²) in [6, 6.07) is 13.4. The van der Waals surface area contributed by atoms with E-state index in [1.165, 1.54) is 5.56 Å². The molecular formula is C20H24HfNO4+. The normalized spacial score (nSPS) is 9.73. The topological polar surface area (TPSA) is 68.1 Å². The number of amides is 1. The van der Waals surface area contributed by atoms with Gasteiger partial charge in [0.2, 0.25) is 0 Å². The van der Waals surface area contributed by atoms with Gasteiger partial charge in [0, 0.05) is 0 Å². The molecule has 1 amide bonds. The Kier molecular flexibility index (Phi) is 10.7. The quantitative estimate of drug-likeness (QED) is 0.343. The molecule has 0 fully saturated rings. The molecule has 0 aliphatic carbocycles. The third-order valence-corrected chi connectivity index (χ3v) is 4.37. The van der Waals surface area contributed by atoms with Crippen LogP contribution >= 0.6 is 0 Å². The fourth-order valence-electron chi connectivity index (χ4n) is 2.00. The van der Waals surface area contributed by atoms with Crippen LogP contribution in [-0.4, -0.2) is 24.7 Å². The molecule has 0 bridgehead atoms. The summed E-state index contributed by atoms with van der Waals surface area (Å²) in [5, 5.41) is 9.08. The second kappa shape index (κ2) is 12.5. The van der Waals surface area contributed by atoms with Crippen molar-refractivity contribution in [2.24, 2.45) is 2.92 Å². The minimum absolute atomic E-state index is 0.0570. The summed E-state index contributed by atoms with van der Waals surface area (Å²) < 4.78 is 14.3. The van der Waals surface area contributed by atoms with Gasteiger partial charge in [0.25, 0.3) is 0 Å². The molecule has 5 nitrogen and oxygen atoms in total. The first-order valence-corrected chi connectivity index (χ1v) is 9.80. The number of aliphatic hydroxyl groups is 1. The zero-order valence-electron chi connectivity index (χ0n) is 15.2. The standard InChI is InChI=1S/C12H15NO4.C8H9.Hf/c1-16-11-7-10(5-4-9(11)8-14)17-6-2-3-12(13)15;1-7-3-5-8(2)6-4-7;/h4-5,7,14H,2-3,6,8H2,1H3;3-6H,1H2,2H3;/q;-1;+2. The smallest absolute Gasteiger partial charge is 0.199 e. The van der Waals surface area contributed by atoms with E-state index in [-0.39, 0.29) is 12.5 Å². The maximum atomic E-state index is 11.0. The number of carbonyl (C=O) groups excluding carboxylic acids is 1. The maximum absolute atomic E-state index is 11.0. The van der Waals surface area contributed by atoms with Gasteiger partial charge in [-0.3, -0.25) is 0 Å². The number of aryl methyl sites for hydroxylation is 1. The molecule has 1 N–H and O–H groups in total. The van der Waals surface area contributed by atoms with Crippen molar-refractivity contribution in [3.8, 4) is 11.5 Å². The Bertz CT molecular complexity index is 680. The van der Waals surface area contributed by atoms with Crippen molar-refractivity contribution in [2.45, 2.75) is 26.4 Å². The summed E-state index contributed by atoms with van der Waals surface area (Å²) in [6.07, 6.45) is 1.07. The molecule has 0 saturated carbocycles. The predicted molar refractivity (Wildman–Crippen MR) is 96.7 cm³/mol. The number of rotatable bonds is 7. The molecule has 2 aromatic rings. The van der Waals surface area contributed by atoms with Crippen molar-refractivity contribution in [1.29, 1.82) is 0 Å². The molecule has 0 radical (unpaired) electrons. The fourth-order valence-corrected chi connectivity index (χ4v) is 2.40. The first-order chi connectivity index (χ1) is 12.5. The number of methoxy groups -OCH3 is 1. The van der Waals surface area contributed by atoms with Crippen molar-refractivity contribution in [3.05, 3.63) is 66.1 Å². The van der Waals surface area contributed by atoms with Gasteiger partial charge in [0.15, 0.2) is 0 Å². The summed E-state index contributed by atoms with van der Waals surface area (Å²) in [5.41, 5.74) is 3.09. The van der Waals surface area contributed by atoms with E-state index in [1.807, 2.05) is 12.1 Å². The van der Waals surface area contributed by atoms with Crippen molar-refractivity contribution in [3.63, 3.8) is 0 Å². The summed E-state index contributed by atoms with van der Waals surface area (Å²) >= 11 is 0.559. The Balaban J connectivity index is 0.000000350. The molecule has 0 atom stereocenters. The van der Waals surface area contributed by atoms with Crippen LogP contribution in [0.25, 0.3) is 0 Å². The minimum atomic E-state index is -0.0696. The molecule has 0 aliphatic rings. The van der Waals surface area contributed by atoms with Gasteiger partial charge in [0.1, 0.15) is 0 Å². The number of hydrogen-bond donors (Lipinski definition) is 1. The van der Waals surface area contributed by atoms with Gasteiger partial charge in [0.05, 0.1) is 0 Å². The number of aliphatic hydroxyl groups excluding tert-OH is 1. The summed E-state index contributed by atoms with van der Waals surface area (Å²) in [7, 11) is 1.55. The number of hydrogen-bond acceptors (Lipinski definition) is 4. The van der Waals surface area contributed by atoms with Crippen LogP contribution in [0.4, 0.5) is 0 Å². The number of carbonyl (C=O) groups is 1. The van der Waals surface area contributed by atoms with E-state index in [2.05, 4.69) is 28.9 Å². The molecule has 136 valence electrons. The SMILES string of the molecule is COc1cc(OCCCC(=O)[N]=[Hf+2])ccc1CO.[CH2-]c1ccc(C)cc1. The van der Waals surface area contributed by atoms with Gasteiger partial charge in [-0.1, -0.05) is 5.56 Å². The molecular weight excluding hydrogens is 497 g/mol. The van der Waals surface area contributed by atoms with Gasteiger partial charge in [-0.25, -0.2) is 0 Å². The third kappa shape index (κ3) is 8.54. The molecule has 0 spiro atoms. The van der Waals surface area contributed by atoms with Gasteiger partial charge < -0.3 is 0 Å². The van der Waals surface area contributed by atoms with Crippen LogP contribution in [0.2, 0.25) is 0 Å². The van der Waals surface area contributed by atoms with E-state index >= 15 is 0 Å². The monoisotopic (exact) mass is 522 g/mol. The van der Waals surface area contributed by atoms with Crippen LogP contribution in [0.1, 0.15) is 29.5 Å². The van der Waals surface area contributed by atoms with Gasteiger partial charge in [-0.15, -0.1) is 12.1 Å². The Hall–Kier alpha value is -1.79. The molecule has 0 aromatic heterocycles. The van der Waals surface area contributed by atoms with Crippen molar-refractivity contribution in [2.75, 3.05) is 13.7 Å². The number of ether oxygens (including phenoxy) is 2. The zero-order chi connectivity index (χ0) is 19.4. The van der Waals surface area contributed by atoms with E-state index in [0.717, 1.165) is 11.1 Å². The van der Waals surface area contributed by atoms with Crippen LogP contribution < -0.4 is 9.47 Å². The molecule has 6 heteroatoms. The average molecular weight is 521 g/mol. The molecule has 26 heavy (non-hydrogen) atoms. The van der Waals surface area contributed by atoms with Gasteiger partial charge >= 0.3 is 121 Å². The average Bonchev–Trinajstić information content (AvgIpc) is 2.67. The molecule has 0 aliphatic heterocycles. The summed E-state index contributed by atoms with van der Waals surface area (Å²) in [5.74, 6) is 1.21. The Morgan fingerprint density at radius 1 is 1.23 bits per heavy atom. The first kappa shape index (κ1) is 22.3. The number of benzene rings is 2. The molecule has 0 heterocycles. The van der Waals surface area contributed by atoms with Crippen molar-refractivity contribution < 1.29 is 43.6 Å². The van der Waals surface area contributed by atoms with Crippen LogP contribution in [0.15, 0.2) is 45.4 Å². The minimum Gasteiger partial charge on any atom is -0.199 e. The van der Waals surface area contributed by atoms with Crippen LogP contribution in [0.3, 0.4) is 0 Å². The van der Waals surface area contributed by atoms with Crippen LogP contribution in [0.5, 0.6) is 11.5 Å². The van der Waals surface area contributed by atoms with E-state index in [1.54, 1.807) is 25.3 Å².